The average Bonchev–Trinajstić information content (AvgIpc) is 3.00. The summed E-state index contributed by atoms with van der Waals surface area (Å²) in [5, 5.41) is 14.9. The van der Waals surface area contributed by atoms with Crippen molar-refractivity contribution in [3.8, 4) is 0 Å². The normalized spacial score (nSPS) is 29.8. The maximum atomic E-state index is 10.3. The number of aromatic nitrogens is 2. The zero-order valence-corrected chi connectivity index (χ0v) is 10.8. The maximum Gasteiger partial charge on any atom is 0.0957 e. The molecule has 0 radical (unpaired) electrons. The molecule has 4 nitrogen and oxygen atoms in total. The van der Waals surface area contributed by atoms with Gasteiger partial charge in [0.2, 0.25) is 0 Å². The zero-order chi connectivity index (χ0) is 12.4. The van der Waals surface area contributed by atoms with Gasteiger partial charge in [0, 0.05) is 25.6 Å². The second kappa shape index (κ2) is 5.02. The highest BCUT2D eigenvalue weighted by Crippen LogP contribution is 2.28. The Morgan fingerprint density at radius 3 is 2.94 bits per heavy atom. The van der Waals surface area contributed by atoms with Gasteiger partial charge in [-0.05, 0) is 18.9 Å². The Labute approximate surface area is 108 Å². The van der Waals surface area contributed by atoms with E-state index in [0.717, 1.165) is 12.1 Å². The molecule has 100 valence electrons. The van der Waals surface area contributed by atoms with E-state index in [1.165, 1.54) is 32.1 Å². The molecule has 18 heavy (non-hydrogen) atoms. The van der Waals surface area contributed by atoms with Crippen molar-refractivity contribution in [1.29, 1.82) is 0 Å². The smallest absolute Gasteiger partial charge is 0.0957 e. The predicted octanol–water partition coefficient (Wildman–Crippen LogP) is 2.08. The van der Waals surface area contributed by atoms with Gasteiger partial charge in [0.1, 0.15) is 0 Å². The topological polar surface area (TPSA) is 47.3 Å². The van der Waals surface area contributed by atoms with E-state index >= 15 is 0 Å². The van der Waals surface area contributed by atoms with E-state index in [9.17, 15) is 5.11 Å². The van der Waals surface area contributed by atoms with Gasteiger partial charge in [-0.15, -0.1) is 0 Å². The average molecular weight is 250 g/mol. The summed E-state index contributed by atoms with van der Waals surface area (Å²) in [4.78, 5) is 0. The molecule has 0 aromatic carbocycles. The number of hydrogen-bond acceptors (Lipinski definition) is 3. The van der Waals surface area contributed by atoms with Gasteiger partial charge in [-0.1, -0.05) is 19.3 Å². The van der Waals surface area contributed by atoms with Crippen LogP contribution in [0.25, 0.3) is 0 Å². The molecule has 1 N–H and O–H groups in total. The summed E-state index contributed by atoms with van der Waals surface area (Å²) >= 11 is 0. The lowest BCUT2D eigenvalue weighted by Crippen LogP contribution is -2.31. The van der Waals surface area contributed by atoms with Crippen LogP contribution >= 0.6 is 0 Å². The van der Waals surface area contributed by atoms with Crippen molar-refractivity contribution in [3.63, 3.8) is 0 Å². The summed E-state index contributed by atoms with van der Waals surface area (Å²) in [6.07, 6.45) is 9.90. The molecule has 4 heteroatoms. The molecule has 0 bridgehead atoms. The number of nitrogens with zero attached hydrogens (tertiary/aromatic N) is 2. The molecule has 1 aliphatic heterocycles. The van der Waals surface area contributed by atoms with Gasteiger partial charge in [0.15, 0.2) is 0 Å². The fourth-order valence-corrected chi connectivity index (χ4v) is 3.09. The summed E-state index contributed by atoms with van der Waals surface area (Å²) in [6.45, 7) is 1.11. The minimum Gasteiger partial charge on any atom is -0.387 e. The number of hydrogen-bond donors (Lipinski definition) is 1. The SMILES string of the molecule is OC1(Cc2ccn(C3CCCCC3)n2)CCOC1. The van der Waals surface area contributed by atoms with Crippen LogP contribution in [0.2, 0.25) is 0 Å². The highest BCUT2D eigenvalue weighted by Gasteiger charge is 2.33. The third kappa shape index (κ3) is 2.59. The Hall–Kier alpha value is -0.870. The molecule has 1 aromatic heterocycles. The Bertz CT molecular complexity index is 390. The van der Waals surface area contributed by atoms with Gasteiger partial charge < -0.3 is 9.84 Å². The molecule has 2 fully saturated rings. The lowest BCUT2D eigenvalue weighted by molar-refractivity contribution is 0.0261. The van der Waals surface area contributed by atoms with Crippen molar-refractivity contribution >= 4 is 0 Å². The molecule has 1 saturated heterocycles. The fraction of sp³-hybridized carbons (Fsp3) is 0.786. The molecule has 1 saturated carbocycles. The number of ether oxygens (including phenoxy) is 1. The lowest BCUT2D eigenvalue weighted by Gasteiger charge is -2.22. The van der Waals surface area contributed by atoms with Gasteiger partial charge in [0.25, 0.3) is 0 Å². The third-order valence-electron chi connectivity index (χ3n) is 4.21. The first-order valence-corrected chi connectivity index (χ1v) is 7.09. The van der Waals surface area contributed by atoms with Crippen LogP contribution < -0.4 is 0 Å². The van der Waals surface area contributed by atoms with Crippen LogP contribution in [0.15, 0.2) is 12.3 Å². The summed E-state index contributed by atoms with van der Waals surface area (Å²) in [5.41, 5.74) is 0.305. The molecule has 1 unspecified atom stereocenters. The molecule has 1 aliphatic carbocycles. The van der Waals surface area contributed by atoms with Crippen molar-refractivity contribution in [2.75, 3.05) is 13.2 Å². The Morgan fingerprint density at radius 2 is 2.22 bits per heavy atom. The monoisotopic (exact) mass is 250 g/mol. The second-order valence-electron chi connectivity index (χ2n) is 5.78. The Balaban J connectivity index is 1.65. The fourth-order valence-electron chi connectivity index (χ4n) is 3.09. The molecule has 2 heterocycles. The first kappa shape index (κ1) is 12.2. The standard InChI is InChI=1S/C14H22N2O2/c17-14(7-9-18-11-14)10-12-6-8-16(15-12)13-4-2-1-3-5-13/h6,8,13,17H,1-5,7,9-11H2. The van der Waals surface area contributed by atoms with Gasteiger partial charge in [-0.2, -0.15) is 5.10 Å². The van der Waals surface area contributed by atoms with Crippen LogP contribution in [0, 0.1) is 0 Å². The van der Waals surface area contributed by atoms with E-state index in [-0.39, 0.29) is 0 Å². The van der Waals surface area contributed by atoms with E-state index in [1.807, 2.05) is 6.07 Å². The summed E-state index contributed by atoms with van der Waals surface area (Å²) < 4.78 is 7.38. The Kier molecular flexibility index (Phi) is 3.39. The molecular formula is C14H22N2O2. The first-order valence-electron chi connectivity index (χ1n) is 7.09. The zero-order valence-electron chi connectivity index (χ0n) is 10.8. The largest absolute Gasteiger partial charge is 0.387 e. The second-order valence-corrected chi connectivity index (χ2v) is 5.78. The molecule has 1 aromatic rings. The number of rotatable bonds is 3. The van der Waals surface area contributed by atoms with Gasteiger partial charge in [-0.25, -0.2) is 0 Å². The third-order valence-corrected chi connectivity index (χ3v) is 4.21. The molecule has 0 amide bonds. The molecule has 2 aliphatic rings. The van der Waals surface area contributed by atoms with Gasteiger partial charge in [0.05, 0.1) is 23.9 Å². The highest BCUT2D eigenvalue weighted by molar-refractivity contribution is 5.06. The van der Waals surface area contributed by atoms with Crippen molar-refractivity contribution in [2.24, 2.45) is 0 Å². The minimum atomic E-state index is -0.689. The molecular weight excluding hydrogens is 228 g/mol. The van der Waals surface area contributed by atoms with Crippen LogP contribution in [0.5, 0.6) is 0 Å². The van der Waals surface area contributed by atoms with Crippen LogP contribution in [-0.2, 0) is 11.2 Å². The van der Waals surface area contributed by atoms with E-state index in [2.05, 4.69) is 16.0 Å². The first-order chi connectivity index (χ1) is 8.75. The van der Waals surface area contributed by atoms with Crippen LogP contribution in [-0.4, -0.2) is 33.7 Å². The van der Waals surface area contributed by atoms with E-state index in [0.29, 0.717) is 25.7 Å². The summed E-state index contributed by atoms with van der Waals surface area (Å²) in [6, 6.07) is 2.62. The maximum absolute atomic E-state index is 10.3. The predicted molar refractivity (Wildman–Crippen MR) is 68.4 cm³/mol. The van der Waals surface area contributed by atoms with Gasteiger partial charge >= 0.3 is 0 Å². The van der Waals surface area contributed by atoms with Crippen molar-refractivity contribution < 1.29 is 9.84 Å². The van der Waals surface area contributed by atoms with Gasteiger partial charge in [-0.3, -0.25) is 4.68 Å². The molecule has 3 rings (SSSR count). The Morgan fingerprint density at radius 1 is 1.39 bits per heavy atom. The molecule has 0 spiro atoms. The van der Waals surface area contributed by atoms with Crippen molar-refractivity contribution in [2.45, 2.75) is 56.6 Å². The minimum absolute atomic E-state index is 0.448. The lowest BCUT2D eigenvalue weighted by atomic mass is 9.96. The van der Waals surface area contributed by atoms with Crippen molar-refractivity contribution in [1.82, 2.24) is 9.78 Å². The van der Waals surface area contributed by atoms with Crippen LogP contribution in [0.1, 0.15) is 50.3 Å². The van der Waals surface area contributed by atoms with E-state index < -0.39 is 5.60 Å². The van der Waals surface area contributed by atoms with Crippen LogP contribution in [0.4, 0.5) is 0 Å². The van der Waals surface area contributed by atoms with Crippen LogP contribution in [0.3, 0.4) is 0 Å². The quantitative estimate of drug-likeness (QED) is 0.893. The van der Waals surface area contributed by atoms with Crippen molar-refractivity contribution in [3.05, 3.63) is 18.0 Å². The van der Waals surface area contributed by atoms with E-state index in [1.54, 1.807) is 0 Å². The summed E-state index contributed by atoms with van der Waals surface area (Å²) in [7, 11) is 0. The number of aliphatic hydroxyl groups is 1. The highest BCUT2D eigenvalue weighted by atomic mass is 16.5. The molecule has 1 atom stereocenters. The van der Waals surface area contributed by atoms with E-state index in [4.69, 9.17) is 4.74 Å². The summed E-state index contributed by atoms with van der Waals surface area (Å²) in [5.74, 6) is 0.